The Morgan fingerprint density at radius 3 is 1.75 bits per heavy atom. The molecule has 5 N–H and O–H groups in total. The van der Waals surface area contributed by atoms with Gasteiger partial charge in [-0.25, -0.2) is 0 Å². The van der Waals surface area contributed by atoms with Gasteiger partial charge in [0.1, 0.15) is 37.1 Å². The summed E-state index contributed by atoms with van der Waals surface area (Å²) in [5.41, 5.74) is -4.69. The number of hydrogen-bond acceptors (Lipinski definition) is 23. The van der Waals surface area contributed by atoms with Gasteiger partial charge in [-0.3, -0.25) is 42.8 Å². The van der Waals surface area contributed by atoms with Crippen LogP contribution in [0.1, 0.15) is 128 Å². The zero-order chi connectivity index (χ0) is 66.1. The molecule has 2 aromatic rings. The fraction of sp³-hybridized carbons (Fsp3) is 0.750. The van der Waals surface area contributed by atoms with Crippen molar-refractivity contribution in [1.82, 2.24) is 34.2 Å². The normalized spacial score (nSPS) is 30.1. The number of amidine groups is 1. The number of carbonyl (C=O) groups is 3. The van der Waals surface area contributed by atoms with E-state index in [1.807, 2.05) is 48.5 Å². The number of rotatable bonds is 8. The summed E-state index contributed by atoms with van der Waals surface area (Å²) in [5.74, 6) is 1.27. The minimum Gasteiger partial charge on any atom is -0.535 e. The minimum absolute atomic E-state index is 0.0305. The van der Waals surface area contributed by atoms with Gasteiger partial charge >= 0.3 is 24.0 Å². The van der Waals surface area contributed by atoms with Gasteiger partial charge in [0.25, 0.3) is 11.1 Å². The number of nitrogens with zero attached hydrogens (tertiary/aromatic N) is 8. The first-order valence-electron chi connectivity index (χ1n) is 30.4. The van der Waals surface area contributed by atoms with Crippen LogP contribution in [0.15, 0.2) is 56.0 Å². The van der Waals surface area contributed by atoms with E-state index in [4.69, 9.17) is 47.8 Å². The van der Waals surface area contributed by atoms with Crippen LogP contribution in [0.5, 0.6) is 12.0 Å². The fourth-order valence-electron chi connectivity index (χ4n) is 10.7. The molecular formula is C60H101N9O17Si2. The molecule has 26 nitrogen and oxygen atoms in total. The van der Waals surface area contributed by atoms with E-state index in [1.165, 1.54) is 75.4 Å². The zero-order valence-corrected chi connectivity index (χ0v) is 57.3. The molecule has 1 amide bonds. The van der Waals surface area contributed by atoms with Gasteiger partial charge < -0.3 is 73.1 Å². The highest BCUT2D eigenvalue weighted by molar-refractivity contribution is 6.76. The molecule has 2 aromatic heterocycles. The van der Waals surface area contributed by atoms with Crippen molar-refractivity contribution in [2.75, 3.05) is 53.2 Å². The van der Waals surface area contributed by atoms with Crippen molar-refractivity contribution in [2.24, 2.45) is 32.3 Å². The van der Waals surface area contributed by atoms with Crippen molar-refractivity contribution in [1.29, 1.82) is 0 Å². The summed E-state index contributed by atoms with van der Waals surface area (Å²) in [7, 11) is -1.76. The highest BCUT2D eigenvalue weighted by Crippen LogP contribution is 2.50. The van der Waals surface area contributed by atoms with Gasteiger partial charge in [-0.05, 0) is 121 Å². The fourth-order valence-corrected chi connectivity index (χ4v) is 12.7. The van der Waals surface area contributed by atoms with Gasteiger partial charge in [0.15, 0.2) is 44.0 Å². The second-order valence-electron chi connectivity index (χ2n) is 27.7. The largest absolute Gasteiger partial charge is 0.535 e. The molecule has 28 heteroatoms. The average molecular weight is 1280 g/mol. The lowest BCUT2D eigenvalue weighted by Gasteiger charge is -2.36. The number of aliphatic hydroxyl groups is 4. The number of ether oxygens (including phenoxy) is 7. The van der Waals surface area contributed by atoms with Crippen molar-refractivity contribution in [3.8, 4) is 12.0 Å². The summed E-state index contributed by atoms with van der Waals surface area (Å²) in [6, 6.07) is 3.06. The van der Waals surface area contributed by atoms with Crippen LogP contribution in [0.4, 0.5) is 0 Å². The Morgan fingerprint density at radius 1 is 0.750 bits per heavy atom. The number of nitrogens with one attached hydrogen (secondary N) is 1. The lowest BCUT2D eigenvalue weighted by molar-refractivity contribution is -0.160. The molecule has 4 fully saturated rings. The molecule has 88 heavy (non-hydrogen) atoms. The Labute approximate surface area is 520 Å². The molecule has 0 bridgehead atoms. The molecule has 0 radical (unpaired) electrons. The number of aliphatic imine (C=N–C) groups is 1. The van der Waals surface area contributed by atoms with Gasteiger partial charge in [0.05, 0.1) is 36.0 Å². The summed E-state index contributed by atoms with van der Waals surface area (Å²) >= 11 is 0. The van der Waals surface area contributed by atoms with E-state index in [9.17, 15) is 34.2 Å². The number of hydrogen-bond donors (Lipinski definition) is 5. The van der Waals surface area contributed by atoms with Crippen LogP contribution in [0.2, 0.25) is 39.3 Å². The third kappa shape index (κ3) is 18.5. The van der Waals surface area contributed by atoms with Crippen molar-refractivity contribution < 1.29 is 72.4 Å². The van der Waals surface area contributed by atoms with E-state index in [0.29, 0.717) is 0 Å². The van der Waals surface area contributed by atoms with Crippen LogP contribution >= 0.6 is 0 Å². The smallest absolute Gasteiger partial charge is 0.311 e. The topological polar surface area (TPSA) is 319 Å². The first-order valence-corrected chi connectivity index (χ1v) is 37.2. The maximum absolute atomic E-state index is 11.9. The summed E-state index contributed by atoms with van der Waals surface area (Å²) in [5, 5.41) is 39.6. The average Bonchev–Trinajstić information content (AvgIpc) is 4.21. The number of carbonyl (C=O) groups excluding carboxylic acids is 3. The zero-order valence-electron chi connectivity index (χ0n) is 55.3. The lowest BCUT2D eigenvalue weighted by Crippen LogP contribution is -2.53. The van der Waals surface area contributed by atoms with E-state index in [1.54, 1.807) is 61.0 Å². The maximum Gasteiger partial charge on any atom is 0.311 e. The van der Waals surface area contributed by atoms with Crippen molar-refractivity contribution in [3.05, 3.63) is 57.5 Å². The van der Waals surface area contributed by atoms with E-state index >= 15 is 0 Å². The standard InChI is InChI=1S/C16H22N2O5.C16H26N2O5.C10H12N2O5.C9H16N2.C8H21NOSi2.CH4O/c1-9-10(8-21-13(20)15(2,3)4)22-12-16(9,5)23-14-17-11(19)6-7-18(12)14;1-10-11(8-22-14(20)15(2,3)4)23-13(16(10,5)21)18-7-6-12(19)17-9-18;1-10-7(15)5(4-13)16-8(10)12-3-2-6(14)11-9(12)17-10;1-2-5-9-10-6-4-8-11(9)7-3-1;1-8(9-11(2,3)4)10-12(5,6)7;1-2/h6-7,9-10,12H,8H2,1-5H3;6-7,10-11,13,21H,8-9H2,1-5H3,(H,17,19);2-3,5,7-8,13,15H,4H2,1H3;1-8H2;1-7H3;2H,1H3/t9-,10-,12-,16+;10-,11-,13-,16+;5-,7-,8-,10+;;;/m111.../s1. The number of aliphatic hydroxyl groups excluding tert-OH is 3. The van der Waals surface area contributed by atoms with Crippen LogP contribution in [0.3, 0.4) is 0 Å². The van der Waals surface area contributed by atoms with Crippen molar-refractivity contribution >= 4 is 46.1 Å². The van der Waals surface area contributed by atoms with Gasteiger partial charge in [0.2, 0.25) is 14.2 Å². The summed E-state index contributed by atoms with van der Waals surface area (Å²) < 4.78 is 53.2. The molecule has 0 spiro atoms. The Morgan fingerprint density at radius 2 is 1.25 bits per heavy atom. The Balaban J connectivity index is 0.000000204. The molecule has 8 aliphatic heterocycles. The molecular weight excluding hydrogens is 1170 g/mol. The Bertz CT molecular complexity index is 2910. The van der Waals surface area contributed by atoms with Gasteiger partial charge in [-0.15, -0.1) is 0 Å². The Hall–Kier alpha value is -5.60. The van der Waals surface area contributed by atoms with E-state index in [0.717, 1.165) is 19.6 Å². The predicted molar refractivity (Wildman–Crippen MR) is 334 cm³/mol. The summed E-state index contributed by atoms with van der Waals surface area (Å²) in [6.45, 7) is 38.9. The van der Waals surface area contributed by atoms with E-state index in [2.05, 4.69) is 69.1 Å². The third-order valence-corrected chi connectivity index (χ3v) is 17.7. The molecule has 0 saturated carbocycles. The number of esters is 2. The first-order chi connectivity index (χ1) is 40.8. The summed E-state index contributed by atoms with van der Waals surface area (Å²) in [6.07, 6.45) is 8.80. The number of amides is 1. The SMILES string of the molecule is C1CCC2=NCCCN2CC1.CC(=N[Si](C)(C)C)O[Si](C)(C)C.CO.C[C@@H]1[C@@H](COC(=O)C(C)(C)C)O[C@@H](N2C=CC(=O)NC2)[C@@]1(C)O.C[C@@H]1[C@@H](COC(=O)C(C)(C)C)O[C@H]2n3ccc(=O)nc3O[C@@]12C.C[C@@]12Oc3nc(=O)ccn3[C@@H]1O[C@H](CO)[C@H]2O. The van der Waals surface area contributed by atoms with Gasteiger partial charge in [0, 0.05) is 88.7 Å². The second-order valence-corrected chi connectivity index (χ2v) is 36.7. The molecule has 10 rings (SSSR count). The number of fused-ring (bicyclic) bond motifs is 7. The molecule has 0 aliphatic carbocycles. The van der Waals surface area contributed by atoms with E-state index < -0.39 is 80.5 Å². The highest BCUT2D eigenvalue weighted by atomic mass is 28.4. The second kappa shape index (κ2) is 29.6. The molecule has 0 unspecified atom stereocenters. The van der Waals surface area contributed by atoms with Crippen molar-refractivity contribution in [3.63, 3.8) is 0 Å². The van der Waals surface area contributed by atoms with Crippen LogP contribution in [0, 0.1) is 22.7 Å². The summed E-state index contributed by atoms with van der Waals surface area (Å²) in [4.78, 5) is 73.8. The van der Waals surface area contributed by atoms with Crippen LogP contribution in [-0.2, 0) is 42.5 Å². The third-order valence-electron chi connectivity index (χ3n) is 15.8. The molecule has 4 saturated heterocycles. The predicted octanol–water partition coefficient (Wildman–Crippen LogP) is 5.12. The molecule has 0 aromatic carbocycles. The molecule has 12 atom stereocenters. The number of aromatic nitrogens is 4. The minimum atomic E-state index is -1.43. The quantitative estimate of drug-likeness (QED) is 0.0991. The van der Waals surface area contributed by atoms with Crippen molar-refractivity contribution in [2.45, 2.75) is 214 Å². The van der Waals surface area contributed by atoms with Crippen LogP contribution < -0.4 is 25.9 Å². The van der Waals surface area contributed by atoms with E-state index in [-0.39, 0.29) is 86.1 Å². The molecule has 8 aliphatic rings. The molecule has 496 valence electrons. The van der Waals surface area contributed by atoms with Crippen LogP contribution in [-0.4, -0.2) is 196 Å². The first kappa shape index (κ1) is 73.1. The highest BCUT2D eigenvalue weighted by Gasteiger charge is 2.61. The Kier molecular flexibility index (Phi) is 24.6. The van der Waals surface area contributed by atoms with Gasteiger partial charge in [-0.2, -0.15) is 9.97 Å². The van der Waals surface area contributed by atoms with Crippen LogP contribution in [0.25, 0.3) is 0 Å². The monoisotopic (exact) mass is 1280 g/mol. The molecule has 10 heterocycles. The van der Waals surface area contributed by atoms with Gasteiger partial charge in [-0.1, -0.05) is 20.3 Å². The maximum atomic E-state index is 11.9. The lowest BCUT2D eigenvalue weighted by atomic mass is 9.88.